The maximum Gasteiger partial charge on any atom is 0.265 e. The van der Waals surface area contributed by atoms with Gasteiger partial charge in [0, 0.05) is 5.69 Å². The van der Waals surface area contributed by atoms with E-state index in [1.165, 1.54) is 11.3 Å². The lowest BCUT2D eigenvalue weighted by atomic mass is 9.95. The highest BCUT2D eigenvalue weighted by Crippen LogP contribution is 2.28. The first-order valence-electron chi connectivity index (χ1n) is 8.58. The molecule has 0 aliphatic heterocycles. The van der Waals surface area contributed by atoms with Crippen molar-refractivity contribution in [1.82, 2.24) is 0 Å². The van der Waals surface area contributed by atoms with E-state index >= 15 is 0 Å². The number of anilines is 2. The SMILES string of the molecule is CCC(C(=O)Nc1ccc(NC(=O)c2cccs2)c(Cl)c1)c1ccccc1. The molecule has 1 heterocycles. The van der Waals surface area contributed by atoms with Gasteiger partial charge in [0.1, 0.15) is 0 Å². The number of carbonyl (C=O) groups excluding carboxylic acids is 2. The lowest BCUT2D eigenvalue weighted by molar-refractivity contribution is -0.117. The zero-order valence-electron chi connectivity index (χ0n) is 14.7. The topological polar surface area (TPSA) is 58.2 Å². The number of carbonyl (C=O) groups is 2. The van der Waals surface area contributed by atoms with Crippen LogP contribution in [0.4, 0.5) is 11.4 Å². The second-order valence-electron chi connectivity index (χ2n) is 5.99. The van der Waals surface area contributed by atoms with Crippen LogP contribution in [0.5, 0.6) is 0 Å². The van der Waals surface area contributed by atoms with E-state index in [1.54, 1.807) is 24.3 Å². The van der Waals surface area contributed by atoms with Crippen molar-refractivity contribution in [2.24, 2.45) is 0 Å². The standard InChI is InChI=1S/C21H19ClN2O2S/c1-2-16(14-7-4-3-5-8-14)20(25)23-15-10-11-18(17(22)13-15)24-21(26)19-9-6-12-27-19/h3-13,16H,2H2,1H3,(H,23,25)(H,24,26). The Morgan fingerprint density at radius 1 is 1.04 bits per heavy atom. The van der Waals surface area contributed by atoms with Crippen molar-refractivity contribution in [3.8, 4) is 0 Å². The molecule has 138 valence electrons. The molecule has 2 aromatic carbocycles. The molecule has 0 saturated carbocycles. The molecule has 0 aliphatic rings. The number of nitrogens with one attached hydrogen (secondary N) is 2. The van der Waals surface area contributed by atoms with E-state index in [4.69, 9.17) is 11.6 Å². The molecule has 1 atom stereocenters. The van der Waals surface area contributed by atoms with Crippen molar-refractivity contribution in [2.45, 2.75) is 19.3 Å². The number of amides is 2. The maximum atomic E-state index is 12.7. The van der Waals surface area contributed by atoms with Crippen LogP contribution in [0.1, 0.15) is 34.5 Å². The van der Waals surface area contributed by atoms with Crippen molar-refractivity contribution in [2.75, 3.05) is 10.6 Å². The van der Waals surface area contributed by atoms with Gasteiger partial charge in [-0.2, -0.15) is 0 Å². The monoisotopic (exact) mass is 398 g/mol. The van der Waals surface area contributed by atoms with Gasteiger partial charge in [-0.25, -0.2) is 0 Å². The lowest BCUT2D eigenvalue weighted by Crippen LogP contribution is -2.20. The third-order valence-electron chi connectivity index (χ3n) is 4.16. The molecular formula is C21H19ClN2O2S. The molecule has 0 fully saturated rings. The summed E-state index contributed by atoms with van der Waals surface area (Å²) in [5, 5.41) is 7.89. The Hall–Kier alpha value is -2.63. The largest absolute Gasteiger partial charge is 0.326 e. The fraction of sp³-hybridized carbons (Fsp3) is 0.143. The Kier molecular flexibility index (Phi) is 6.27. The molecule has 1 aromatic heterocycles. The van der Waals surface area contributed by atoms with Crippen molar-refractivity contribution in [3.63, 3.8) is 0 Å². The van der Waals surface area contributed by atoms with E-state index in [0.29, 0.717) is 27.7 Å². The van der Waals surface area contributed by atoms with Crippen LogP contribution in [-0.4, -0.2) is 11.8 Å². The van der Waals surface area contributed by atoms with Gasteiger partial charge in [0.2, 0.25) is 5.91 Å². The summed E-state index contributed by atoms with van der Waals surface area (Å²) in [6, 6.07) is 18.3. The van der Waals surface area contributed by atoms with Crippen LogP contribution in [0, 0.1) is 0 Å². The molecule has 2 N–H and O–H groups in total. The first kappa shape index (κ1) is 19.1. The molecule has 0 radical (unpaired) electrons. The molecule has 0 aliphatic carbocycles. The smallest absolute Gasteiger partial charge is 0.265 e. The van der Waals surface area contributed by atoms with E-state index in [0.717, 1.165) is 5.56 Å². The third-order valence-corrected chi connectivity index (χ3v) is 5.34. The summed E-state index contributed by atoms with van der Waals surface area (Å²) in [6.07, 6.45) is 0.693. The van der Waals surface area contributed by atoms with Gasteiger partial charge in [-0.3, -0.25) is 9.59 Å². The van der Waals surface area contributed by atoms with Crippen molar-refractivity contribution in [3.05, 3.63) is 81.5 Å². The summed E-state index contributed by atoms with van der Waals surface area (Å²) in [5.41, 5.74) is 2.07. The molecule has 1 unspecified atom stereocenters. The van der Waals surface area contributed by atoms with Crippen LogP contribution in [0.3, 0.4) is 0 Å². The number of rotatable bonds is 6. The Bertz CT molecular complexity index is 927. The molecule has 27 heavy (non-hydrogen) atoms. The van der Waals surface area contributed by atoms with Gasteiger partial charge >= 0.3 is 0 Å². The molecule has 0 saturated heterocycles. The normalized spacial score (nSPS) is 11.6. The van der Waals surface area contributed by atoms with Gasteiger partial charge < -0.3 is 10.6 Å². The number of hydrogen-bond acceptors (Lipinski definition) is 3. The second-order valence-corrected chi connectivity index (χ2v) is 7.34. The average Bonchev–Trinajstić information content (AvgIpc) is 3.20. The second kappa shape index (κ2) is 8.84. The van der Waals surface area contributed by atoms with E-state index in [9.17, 15) is 9.59 Å². The third kappa shape index (κ3) is 4.76. The summed E-state index contributed by atoms with van der Waals surface area (Å²) >= 11 is 7.65. The average molecular weight is 399 g/mol. The quantitative estimate of drug-likeness (QED) is 0.552. The van der Waals surface area contributed by atoms with Gasteiger partial charge in [-0.1, -0.05) is 54.9 Å². The maximum absolute atomic E-state index is 12.7. The van der Waals surface area contributed by atoms with E-state index in [2.05, 4.69) is 10.6 Å². The van der Waals surface area contributed by atoms with Gasteiger partial charge in [0.25, 0.3) is 5.91 Å². The molecule has 4 nitrogen and oxygen atoms in total. The van der Waals surface area contributed by atoms with Gasteiger partial charge in [0.05, 0.1) is 21.5 Å². The number of halogens is 1. The lowest BCUT2D eigenvalue weighted by Gasteiger charge is -2.16. The van der Waals surface area contributed by atoms with Crippen LogP contribution >= 0.6 is 22.9 Å². The van der Waals surface area contributed by atoms with Gasteiger partial charge in [0.15, 0.2) is 0 Å². The van der Waals surface area contributed by atoms with E-state index in [-0.39, 0.29) is 17.7 Å². The minimum atomic E-state index is -0.233. The highest BCUT2D eigenvalue weighted by molar-refractivity contribution is 7.12. The number of hydrogen-bond donors (Lipinski definition) is 2. The molecule has 3 rings (SSSR count). The fourth-order valence-electron chi connectivity index (χ4n) is 2.77. The van der Waals surface area contributed by atoms with Crippen molar-refractivity contribution < 1.29 is 9.59 Å². The Balaban J connectivity index is 1.70. The first-order valence-corrected chi connectivity index (χ1v) is 9.84. The van der Waals surface area contributed by atoms with E-state index in [1.807, 2.05) is 48.7 Å². The summed E-state index contributed by atoms with van der Waals surface area (Å²) in [4.78, 5) is 25.4. The summed E-state index contributed by atoms with van der Waals surface area (Å²) in [5.74, 6) is -0.530. The molecule has 6 heteroatoms. The summed E-state index contributed by atoms with van der Waals surface area (Å²) < 4.78 is 0. The minimum absolute atomic E-state index is 0.0878. The number of thiophene rings is 1. The van der Waals surface area contributed by atoms with Crippen LogP contribution < -0.4 is 10.6 Å². The predicted octanol–water partition coefficient (Wildman–Crippen LogP) is 5.79. The summed E-state index contributed by atoms with van der Waals surface area (Å²) in [6.45, 7) is 1.98. The minimum Gasteiger partial charge on any atom is -0.326 e. The molecule has 0 bridgehead atoms. The van der Waals surface area contributed by atoms with E-state index < -0.39 is 0 Å². The van der Waals surface area contributed by atoms with Crippen LogP contribution in [-0.2, 0) is 4.79 Å². The summed E-state index contributed by atoms with van der Waals surface area (Å²) in [7, 11) is 0. The molecule has 3 aromatic rings. The Morgan fingerprint density at radius 3 is 2.44 bits per heavy atom. The molecule has 0 spiro atoms. The highest BCUT2D eigenvalue weighted by Gasteiger charge is 2.19. The van der Waals surface area contributed by atoms with Crippen LogP contribution in [0.25, 0.3) is 0 Å². The Labute approximate surface area is 167 Å². The molecular weight excluding hydrogens is 380 g/mol. The Morgan fingerprint density at radius 2 is 1.81 bits per heavy atom. The molecule has 2 amide bonds. The van der Waals surface area contributed by atoms with Crippen molar-refractivity contribution in [1.29, 1.82) is 0 Å². The zero-order chi connectivity index (χ0) is 19.2. The first-order chi connectivity index (χ1) is 13.1. The van der Waals surface area contributed by atoms with Crippen molar-refractivity contribution >= 4 is 46.1 Å². The fourth-order valence-corrected chi connectivity index (χ4v) is 3.62. The van der Waals surface area contributed by atoms with Crippen LogP contribution in [0.15, 0.2) is 66.0 Å². The van der Waals surface area contributed by atoms with Gasteiger partial charge in [-0.15, -0.1) is 11.3 Å². The number of benzene rings is 2. The predicted molar refractivity (Wildman–Crippen MR) is 112 cm³/mol. The van der Waals surface area contributed by atoms with Gasteiger partial charge in [-0.05, 0) is 41.6 Å². The highest BCUT2D eigenvalue weighted by atomic mass is 35.5. The van der Waals surface area contributed by atoms with Crippen LogP contribution in [0.2, 0.25) is 5.02 Å². The zero-order valence-corrected chi connectivity index (χ0v) is 16.3.